The topological polar surface area (TPSA) is 78.9 Å². The molecule has 132 valence electrons. The first-order valence-corrected chi connectivity index (χ1v) is 8.31. The maximum Gasteiger partial charge on any atom is 0.221 e. The second kappa shape index (κ2) is 6.98. The molecule has 2 fully saturated rings. The van der Waals surface area contributed by atoms with E-state index in [1.807, 2.05) is 36.4 Å². The summed E-state index contributed by atoms with van der Waals surface area (Å²) in [4.78, 5) is 11.0. The Kier molecular flexibility index (Phi) is 4.92. The van der Waals surface area contributed by atoms with Crippen molar-refractivity contribution in [1.29, 1.82) is 0 Å². The van der Waals surface area contributed by atoms with Crippen LogP contribution >= 0.6 is 12.4 Å². The van der Waals surface area contributed by atoms with E-state index in [-0.39, 0.29) is 18.3 Å². The number of rotatable bonds is 4. The van der Waals surface area contributed by atoms with Gasteiger partial charge in [-0.15, -0.1) is 22.6 Å². The van der Waals surface area contributed by atoms with Crippen LogP contribution in [0.4, 0.5) is 11.5 Å². The predicted molar refractivity (Wildman–Crippen MR) is 101 cm³/mol. The van der Waals surface area contributed by atoms with Crippen LogP contribution in [0.3, 0.4) is 0 Å². The molecule has 3 N–H and O–H groups in total. The van der Waals surface area contributed by atoms with E-state index >= 15 is 0 Å². The van der Waals surface area contributed by atoms with Crippen molar-refractivity contribution in [3.63, 3.8) is 0 Å². The van der Waals surface area contributed by atoms with Crippen LogP contribution < -0.4 is 16.0 Å². The highest BCUT2D eigenvalue weighted by atomic mass is 35.5. The van der Waals surface area contributed by atoms with Gasteiger partial charge in [0, 0.05) is 37.3 Å². The summed E-state index contributed by atoms with van der Waals surface area (Å²) in [7, 11) is 0. The molecule has 1 spiro atoms. The Hall–Kier alpha value is -2.18. The van der Waals surface area contributed by atoms with Crippen molar-refractivity contribution in [2.24, 2.45) is 5.41 Å². The van der Waals surface area contributed by atoms with Gasteiger partial charge in [-0.1, -0.05) is 12.1 Å². The number of amides is 1. The zero-order valence-electron chi connectivity index (χ0n) is 14.1. The van der Waals surface area contributed by atoms with Crippen molar-refractivity contribution in [3.05, 3.63) is 36.4 Å². The third-order valence-corrected chi connectivity index (χ3v) is 4.88. The minimum absolute atomic E-state index is 0. The fourth-order valence-electron chi connectivity index (χ4n) is 3.55. The number of carbonyl (C=O) groups is 1. The number of hydrogen-bond acceptors (Lipinski definition) is 5. The summed E-state index contributed by atoms with van der Waals surface area (Å²) in [5, 5.41) is 18.2. The molecule has 0 atom stereocenters. The normalized spacial score (nSPS) is 17.8. The summed E-state index contributed by atoms with van der Waals surface area (Å²) in [6.07, 6.45) is 2.43. The SMILES string of the molecule is CC(=O)Nc1ccc(-c2ccc(NC3CC4(CNC4)C3)nn2)cc1.Cl. The quantitative estimate of drug-likeness (QED) is 0.782. The van der Waals surface area contributed by atoms with Crippen LogP contribution in [-0.4, -0.2) is 35.2 Å². The van der Waals surface area contributed by atoms with Crippen molar-refractivity contribution in [2.75, 3.05) is 23.7 Å². The molecule has 2 aromatic rings. The molecule has 1 aromatic heterocycles. The Bertz CT molecular complexity index is 735. The van der Waals surface area contributed by atoms with E-state index in [9.17, 15) is 4.79 Å². The lowest BCUT2D eigenvalue weighted by Crippen LogP contribution is -2.63. The van der Waals surface area contributed by atoms with E-state index in [0.717, 1.165) is 35.9 Å². The number of nitrogens with one attached hydrogen (secondary N) is 3. The average Bonchev–Trinajstić information content (AvgIpc) is 2.49. The number of halogens is 1. The Labute approximate surface area is 153 Å². The fourth-order valence-corrected chi connectivity index (χ4v) is 3.55. The zero-order valence-corrected chi connectivity index (χ0v) is 14.9. The summed E-state index contributed by atoms with van der Waals surface area (Å²) in [5.41, 5.74) is 3.14. The monoisotopic (exact) mass is 359 g/mol. The maximum atomic E-state index is 11.0. The maximum absolute atomic E-state index is 11.0. The molecular weight excluding hydrogens is 338 g/mol. The van der Waals surface area contributed by atoms with Crippen LogP contribution in [0.5, 0.6) is 0 Å². The molecule has 0 radical (unpaired) electrons. The van der Waals surface area contributed by atoms with Crippen molar-refractivity contribution in [3.8, 4) is 11.3 Å². The largest absolute Gasteiger partial charge is 0.366 e. The third-order valence-electron chi connectivity index (χ3n) is 4.88. The van der Waals surface area contributed by atoms with Crippen LogP contribution in [0.1, 0.15) is 19.8 Å². The van der Waals surface area contributed by atoms with Gasteiger partial charge in [-0.25, -0.2) is 0 Å². The first-order chi connectivity index (χ1) is 11.6. The molecule has 25 heavy (non-hydrogen) atoms. The van der Waals surface area contributed by atoms with Crippen LogP contribution in [0.15, 0.2) is 36.4 Å². The molecule has 1 aliphatic carbocycles. The molecule has 1 saturated carbocycles. The van der Waals surface area contributed by atoms with E-state index in [1.54, 1.807) is 0 Å². The Morgan fingerprint density at radius 2 is 1.84 bits per heavy atom. The zero-order chi connectivity index (χ0) is 16.6. The van der Waals surface area contributed by atoms with Gasteiger partial charge in [0.25, 0.3) is 0 Å². The first kappa shape index (κ1) is 17.6. The van der Waals surface area contributed by atoms with Crippen LogP contribution in [0.25, 0.3) is 11.3 Å². The second-order valence-corrected chi connectivity index (χ2v) is 6.92. The summed E-state index contributed by atoms with van der Waals surface area (Å²) in [5.74, 6) is 0.758. The highest BCUT2D eigenvalue weighted by Gasteiger charge is 2.48. The van der Waals surface area contributed by atoms with E-state index in [4.69, 9.17) is 0 Å². The van der Waals surface area contributed by atoms with Crippen LogP contribution in [0.2, 0.25) is 0 Å². The van der Waals surface area contributed by atoms with E-state index in [0.29, 0.717) is 11.5 Å². The molecule has 2 aliphatic rings. The van der Waals surface area contributed by atoms with Gasteiger partial charge in [0.15, 0.2) is 0 Å². The molecule has 6 nitrogen and oxygen atoms in total. The van der Waals surface area contributed by atoms with E-state index in [1.165, 1.54) is 19.8 Å². The summed E-state index contributed by atoms with van der Waals surface area (Å²) < 4.78 is 0. The highest BCUT2D eigenvalue weighted by Crippen LogP contribution is 2.45. The Morgan fingerprint density at radius 3 is 2.36 bits per heavy atom. The Morgan fingerprint density at radius 1 is 1.12 bits per heavy atom. The van der Waals surface area contributed by atoms with Crippen molar-refractivity contribution >= 4 is 29.8 Å². The number of anilines is 2. The van der Waals surface area contributed by atoms with Gasteiger partial charge < -0.3 is 16.0 Å². The van der Waals surface area contributed by atoms with Gasteiger partial charge in [0.05, 0.1) is 5.69 Å². The highest BCUT2D eigenvalue weighted by molar-refractivity contribution is 5.88. The number of carbonyl (C=O) groups excluding carboxylic acids is 1. The van der Waals surface area contributed by atoms with Gasteiger partial charge in [-0.05, 0) is 42.5 Å². The number of hydrogen-bond donors (Lipinski definition) is 3. The lowest BCUT2D eigenvalue weighted by Gasteiger charge is -2.54. The standard InChI is InChI=1S/C18H21N5O.ClH/c1-12(24)20-14-4-2-13(3-5-14)16-6-7-17(23-22-16)21-15-8-18(9-15)10-19-11-18;/h2-7,15,19H,8-11H2,1H3,(H,20,24)(H,21,23);1H. The smallest absolute Gasteiger partial charge is 0.221 e. The van der Waals surface area contributed by atoms with Gasteiger partial charge in [0.1, 0.15) is 5.82 Å². The van der Waals surface area contributed by atoms with Crippen LogP contribution in [0, 0.1) is 5.41 Å². The summed E-state index contributed by atoms with van der Waals surface area (Å²) in [6.45, 7) is 3.81. The lowest BCUT2D eigenvalue weighted by atomic mass is 9.62. The van der Waals surface area contributed by atoms with Gasteiger partial charge in [-0.3, -0.25) is 4.79 Å². The molecular formula is C18H22ClN5O. The van der Waals surface area contributed by atoms with Crippen LogP contribution in [-0.2, 0) is 4.79 Å². The van der Waals surface area contributed by atoms with E-state index in [2.05, 4.69) is 26.1 Å². The van der Waals surface area contributed by atoms with Crippen molar-refractivity contribution < 1.29 is 4.79 Å². The summed E-state index contributed by atoms with van der Waals surface area (Å²) >= 11 is 0. The van der Waals surface area contributed by atoms with Crippen molar-refractivity contribution in [2.45, 2.75) is 25.8 Å². The van der Waals surface area contributed by atoms with Crippen molar-refractivity contribution in [1.82, 2.24) is 15.5 Å². The molecule has 1 aromatic carbocycles. The molecule has 7 heteroatoms. The third kappa shape index (κ3) is 3.75. The van der Waals surface area contributed by atoms with Gasteiger partial charge >= 0.3 is 0 Å². The minimum Gasteiger partial charge on any atom is -0.366 e. The molecule has 0 unspecified atom stereocenters. The molecule has 1 aliphatic heterocycles. The molecule has 1 amide bonds. The average molecular weight is 360 g/mol. The minimum atomic E-state index is -0.0755. The predicted octanol–water partition coefficient (Wildman–Crippen LogP) is 2.69. The number of aromatic nitrogens is 2. The first-order valence-electron chi connectivity index (χ1n) is 8.31. The summed E-state index contributed by atoms with van der Waals surface area (Å²) in [6, 6.07) is 12.1. The second-order valence-electron chi connectivity index (χ2n) is 6.92. The Balaban J connectivity index is 0.00000182. The molecule has 4 rings (SSSR count). The molecule has 1 saturated heterocycles. The molecule has 0 bridgehead atoms. The van der Waals surface area contributed by atoms with E-state index < -0.39 is 0 Å². The molecule has 2 heterocycles. The van der Waals surface area contributed by atoms with Gasteiger partial charge in [-0.2, -0.15) is 0 Å². The number of nitrogens with zero attached hydrogens (tertiary/aromatic N) is 2. The van der Waals surface area contributed by atoms with Gasteiger partial charge in [0.2, 0.25) is 5.91 Å². The lowest BCUT2D eigenvalue weighted by molar-refractivity contribution is -0.114. The number of benzene rings is 1. The fraction of sp³-hybridized carbons (Fsp3) is 0.389.